The first-order valence-corrected chi connectivity index (χ1v) is 14.8. The molecule has 2 aromatic heterocycles. The number of aromatic nitrogens is 4. The second-order valence-corrected chi connectivity index (χ2v) is 12.2. The first-order valence-electron chi connectivity index (χ1n) is 12.8. The highest BCUT2D eigenvalue weighted by atomic mass is 32.5. The van der Waals surface area contributed by atoms with Crippen molar-refractivity contribution in [2.45, 2.75) is 36.6 Å². The van der Waals surface area contributed by atoms with E-state index in [0.717, 1.165) is 23.4 Å². The molecule has 0 spiro atoms. The maximum absolute atomic E-state index is 13.1. The van der Waals surface area contributed by atoms with Gasteiger partial charge in [0, 0.05) is 20.2 Å². The summed E-state index contributed by atoms with van der Waals surface area (Å²) < 4.78 is 87.8. The van der Waals surface area contributed by atoms with Gasteiger partial charge in [0.05, 0.1) is 19.3 Å². The van der Waals surface area contributed by atoms with Gasteiger partial charge in [-0.2, -0.15) is 0 Å². The Hall–Kier alpha value is -3.82. The number of rotatable bonds is 10. The molecule has 4 aromatic rings. The van der Waals surface area contributed by atoms with E-state index in [0.29, 0.717) is 61.7 Å². The van der Waals surface area contributed by atoms with Gasteiger partial charge >= 0.3 is 10.2 Å². The lowest BCUT2D eigenvalue weighted by atomic mass is 9.84. The zero-order chi connectivity index (χ0) is 30.1. The van der Waals surface area contributed by atoms with Crippen molar-refractivity contribution in [3.63, 3.8) is 0 Å². The van der Waals surface area contributed by atoms with E-state index in [9.17, 15) is 19.4 Å². The number of anilines is 1. The van der Waals surface area contributed by atoms with Crippen molar-refractivity contribution in [1.82, 2.24) is 20.4 Å². The Balaban J connectivity index is 1.17. The smallest absolute Gasteiger partial charge is 0.310 e. The Morgan fingerprint density at radius 1 is 0.810 bits per heavy atom. The third kappa shape index (κ3) is 6.63. The van der Waals surface area contributed by atoms with Crippen molar-refractivity contribution in [2.24, 2.45) is 0 Å². The highest BCUT2D eigenvalue weighted by Gasteiger charge is 2.65. The molecule has 1 aliphatic rings. The van der Waals surface area contributed by atoms with Crippen LogP contribution in [0.15, 0.2) is 70.0 Å². The van der Waals surface area contributed by atoms with Crippen LogP contribution in [0.3, 0.4) is 0 Å². The molecule has 1 aliphatic heterocycles. The van der Waals surface area contributed by atoms with Gasteiger partial charge in [0.25, 0.3) is 5.89 Å². The zero-order valence-electron chi connectivity index (χ0n) is 22.7. The van der Waals surface area contributed by atoms with Gasteiger partial charge in [-0.3, -0.25) is 0 Å². The third-order valence-electron chi connectivity index (χ3n) is 7.10. The lowest BCUT2D eigenvalue weighted by Gasteiger charge is -2.43. The van der Waals surface area contributed by atoms with Crippen molar-refractivity contribution in [1.29, 1.82) is 0 Å². The highest BCUT2D eigenvalue weighted by molar-refractivity contribution is 8.45. The van der Waals surface area contributed by atoms with E-state index < -0.39 is 20.7 Å². The molecular formula is C27H28F5N5O4S. The molecule has 9 nitrogen and oxygen atoms in total. The average molecular weight is 614 g/mol. The lowest BCUT2D eigenvalue weighted by molar-refractivity contribution is -0.0348. The van der Waals surface area contributed by atoms with Crippen LogP contribution in [0.2, 0.25) is 0 Å². The van der Waals surface area contributed by atoms with Crippen LogP contribution >= 0.6 is 10.2 Å². The Morgan fingerprint density at radius 2 is 1.50 bits per heavy atom. The second-order valence-electron chi connectivity index (χ2n) is 9.80. The molecule has 42 heavy (non-hydrogen) atoms. The first-order chi connectivity index (χ1) is 19.8. The minimum atomic E-state index is -9.75. The number of hydrogen-bond donors (Lipinski definition) is 0. The second kappa shape index (κ2) is 10.5. The molecule has 1 saturated heterocycles. The van der Waals surface area contributed by atoms with Gasteiger partial charge in [-0.15, -0.1) is 20.4 Å². The van der Waals surface area contributed by atoms with Crippen LogP contribution in [0.25, 0.3) is 11.6 Å². The average Bonchev–Trinajstić information content (AvgIpc) is 3.45. The Bertz CT molecular complexity index is 1510. The largest absolute Gasteiger partial charge is 0.497 e. The summed E-state index contributed by atoms with van der Waals surface area (Å²) in [4.78, 5) is 0.0240. The lowest BCUT2D eigenvalue weighted by Crippen LogP contribution is -2.44. The fourth-order valence-corrected chi connectivity index (χ4v) is 5.38. The number of halogens is 5. The maximum Gasteiger partial charge on any atom is 0.310 e. The van der Waals surface area contributed by atoms with Crippen molar-refractivity contribution in [3.05, 3.63) is 77.7 Å². The third-order valence-corrected chi connectivity index (χ3v) is 8.26. The van der Waals surface area contributed by atoms with E-state index in [1.165, 1.54) is 7.11 Å². The summed E-state index contributed by atoms with van der Waals surface area (Å²) >= 11 is 0. The van der Waals surface area contributed by atoms with Crippen LogP contribution in [-0.4, -0.2) is 47.7 Å². The van der Waals surface area contributed by atoms with Crippen molar-refractivity contribution < 1.29 is 38.1 Å². The van der Waals surface area contributed by atoms with Crippen LogP contribution in [-0.2, 0) is 28.3 Å². The van der Waals surface area contributed by atoms with E-state index in [1.54, 1.807) is 19.2 Å². The summed E-state index contributed by atoms with van der Waals surface area (Å²) in [7, 11) is -6.70. The zero-order valence-corrected chi connectivity index (χ0v) is 23.5. The molecule has 5 rings (SSSR count). The summed E-state index contributed by atoms with van der Waals surface area (Å²) in [6.07, 6.45) is 0.790. The van der Waals surface area contributed by atoms with Gasteiger partial charge in [-0.1, -0.05) is 43.7 Å². The molecule has 15 heteroatoms. The minimum absolute atomic E-state index is 0.113. The van der Waals surface area contributed by atoms with E-state index in [-0.39, 0.29) is 18.4 Å². The van der Waals surface area contributed by atoms with E-state index in [2.05, 4.69) is 20.4 Å². The molecule has 0 amide bonds. The van der Waals surface area contributed by atoms with Crippen molar-refractivity contribution in [2.75, 3.05) is 32.2 Å². The summed E-state index contributed by atoms with van der Waals surface area (Å²) in [6, 6.07) is 13.9. The Morgan fingerprint density at radius 3 is 2.07 bits per heavy atom. The van der Waals surface area contributed by atoms with Gasteiger partial charge in [0.1, 0.15) is 22.9 Å². The molecule has 2 aromatic carbocycles. The normalized spacial score (nSPS) is 17.0. The van der Waals surface area contributed by atoms with Crippen LogP contribution < -0.4 is 9.64 Å². The molecule has 0 unspecified atom stereocenters. The standard InChI is InChI=1S/C27H28F5N5O4S/c1-38-21-7-3-19(4-8-21)17-40-18-25-35-36-26(41-25)23-11-12-24(34-33-23)37-15-13-27(39-2,14-16-37)20-5-9-22(10-6-20)42(28,29,30,31)32/h3-12H,13-18H2,1-2H3. The number of methoxy groups -OCH3 is 2. The van der Waals surface area contributed by atoms with Crippen molar-refractivity contribution >= 4 is 16.0 Å². The molecule has 0 N–H and O–H groups in total. The number of piperidine rings is 1. The molecule has 3 heterocycles. The van der Waals surface area contributed by atoms with Gasteiger partial charge in [0.2, 0.25) is 5.89 Å². The first kappa shape index (κ1) is 29.7. The number of nitrogens with zero attached hydrogens (tertiary/aromatic N) is 5. The van der Waals surface area contributed by atoms with E-state index in [1.807, 2.05) is 29.2 Å². The SMILES string of the molecule is COc1ccc(COCc2nnc(-c3ccc(N4CCC(OC)(c5ccc(S(F)(F)(F)(F)F)cc5)CC4)nn3)o2)cc1. The molecule has 0 radical (unpaired) electrons. The highest BCUT2D eigenvalue weighted by Crippen LogP contribution is 3.02. The summed E-state index contributed by atoms with van der Waals surface area (Å²) in [5, 5.41) is 16.5. The number of ether oxygens (including phenoxy) is 3. The Kier molecular flexibility index (Phi) is 7.39. The number of benzene rings is 2. The molecule has 0 bridgehead atoms. The van der Waals surface area contributed by atoms with Crippen molar-refractivity contribution in [3.8, 4) is 17.3 Å². The van der Waals surface area contributed by atoms with Gasteiger partial charge < -0.3 is 23.5 Å². The molecule has 0 saturated carbocycles. The van der Waals surface area contributed by atoms with Gasteiger partial charge in [0.15, 0.2) is 5.82 Å². The van der Waals surface area contributed by atoms with Crippen LogP contribution in [0.5, 0.6) is 5.75 Å². The number of hydrogen-bond acceptors (Lipinski definition) is 9. The molecule has 1 fully saturated rings. The maximum atomic E-state index is 13.1. The summed E-state index contributed by atoms with van der Waals surface area (Å²) in [5.74, 6) is 1.79. The predicted molar refractivity (Wildman–Crippen MR) is 145 cm³/mol. The molecule has 0 aliphatic carbocycles. The summed E-state index contributed by atoms with van der Waals surface area (Å²) in [6.45, 7) is 1.36. The Labute approximate surface area is 238 Å². The quantitative estimate of drug-likeness (QED) is 0.174. The minimum Gasteiger partial charge on any atom is -0.497 e. The topological polar surface area (TPSA) is 95.6 Å². The molecular weight excluding hydrogens is 585 g/mol. The van der Waals surface area contributed by atoms with Crippen LogP contribution in [0, 0.1) is 0 Å². The monoisotopic (exact) mass is 613 g/mol. The fraction of sp³-hybridized carbons (Fsp3) is 0.333. The fourth-order valence-electron chi connectivity index (χ4n) is 4.72. The van der Waals surface area contributed by atoms with Crippen LogP contribution in [0.4, 0.5) is 25.2 Å². The predicted octanol–water partition coefficient (Wildman–Crippen LogP) is 7.05. The molecule has 226 valence electrons. The van der Waals surface area contributed by atoms with E-state index in [4.69, 9.17) is 18.6 Å². The van der Waals surface area contributed by atoms with Crippen LogP contribution in [0.1, 0.15) is 29.9 Å². The van der Waals surface area contributed by atoms with E-state index >= 15 is 0 Å². The molecule has 0 atom stereocenters. The summed E-state index contributed by atoms with van der Waals surface area (Å²) in [5.41, 5.74) is 0.815. The van der Waals surface area contributed by atoms with Gasteiger partial charge in [-0.05, 0) is 60.4 Å². The van der Waals surface area contributed by atoms with Gasteiger partial charge in [-0.25, -0.2) is 0 Å².